The molecule has 0 aliphatic carbocycles. The summed E-state index contributed by atoms with van der Waals surface area (Å²) in [6.07, 6.45) is 0. The van der Waals surface area contributed by atoms with Crippen LogP contribution in [0.2, 0.25) is 0 Å². The number of imidazole rings is 2. The summed E-state index contributed by atoms with van der Waals surface area (Å²) in [6, 6.07) is 81.5. The second-order valence-electron chi connectivity index (χ2n) is 16.5. The first-order valence-electron chi connectivity index (χ1n) is 22.1. The fourth-order valence-electron chi connectivity index (χ4n) is 9.38. The largest absolute Gasteiger partial charge is 0.310 e. The maximum atomic E-state index is 5.16. The van der Waals surface area contributed by atoms with Gasteiger partial charge in [-0.1, -0.05) is 97.1 Å². The van der Waals surface area contributed by atoms with E-state index in [-0.39, 0.29) is 0 Å². The van der Waals surface area contributed by atoms with E-state index >= 15 is 0 Å². The monoisotopic (exact) mass is 862 g/mol. The Labute approximate surface area is 384 Å². The second-order valence-corrected chi connectivity index (χ2v) is 17.5. The zero-order chi connectivity index (χ0) is 43.6. The van der Waals surface area contributed by atoms with Gasteiger partial charge >= 0.3 is 0 Å². The molecule has 0 aliphatic heterocycles. The van der Waals surface area contributed by atoms with Crippen molar-refractivity contribution in [3.05, 3.63) is 231 Å². The first-order chi connectivity index (χ1) is 32.7. The molecular formula is C59H38N6S. The Balaban J connectivity index is 0.912. The van der Waals surface area contributed by atoms with Crippen molar-refractivity contribution in [2.24, 2.45) is 0 Å². The van der Waals surface area contributed by atoms with Gasteiger partial charge in [0.25, 0.3) is 0 Å². The van der Waals surface area contributed by atoms with Gasteiger partial charge in [0, 0.05) is 60.6 Å². The normalized spacial score (nSPS) is 11.6. The summed E-state index contributed by atoms with van der Waals surface area (Å²) in [5.41, 5.74) is 13.4. The summed E-state index contributed by atoms with van der Waals surface area (Å²) >= 11 is 1.75. The number of benzene rings is 9. The predicted molar refractivity (Wildman–Crippen MR) is 275 cm³/mol. The number of nitrogens with zero attached hydrogens (tertiary/aromatic N) is 6. The van der Waals surface area contributed by atoms with Crippen LogP contribution in [0.1, 0.15) is 0 Å². The molecule has 0 spiro atoms. The molecule has 13 rings (SSSR count). The summed E-state index contributed by atoms with van der Waals surface area (Å²) in [5.74, 6) is 1.79. The van der Waals surface area contributed by atoms with Crippen molar-refractivity contribution in [3.63, 3.8) is 0 Å². The van der Waals surface area contributed by atoms with Crippen molar-refractivity contribution in [2.45, 2.75) is 0 Å². The lowest BCUT2D eigenvalue weighted by Crippen LogP contribution is -2.10. The fraction of sp³-hybridized carbons (Fsp3) is 0. The molecule has 66 heavy (non-hydrogen) atoms. The van der Waals surface area contributed by atoms with Gasteiger partial charge in [0.2, 0.25) is 0 Å². The maximum absolute atomic E-state index is 5.16. The van der Waals surface area contributed by atoms with Gasteiger partial charge in [-0.2, -0.15) is 0 Å². The van der Waals surface area contributed by atoms with E-state index in [4.69, 9.17) is 15.0 Å². The third kappa shape index (κ3) is 6.44. The van der Waals surface area contributed by atoms with Crippen molar-refractivity contribution < 1.29 is 0 Å². The summed E-state index contributed by atoms with van der Waals surface area (Å²) in [7, 11) is 0. The van der Waals surface area contributed by atoms with Crippen molar-refractivity contribution >= 4 is 81.5 Å². The van der Waals surface area contributed by atoms with Gasteiger partial charge in [-0.25, -0.2) is 15.0 Å². The average Bonchev–Trinajstić information content (AvgIpc) is 4.09. The van der Waals surface area contributed by atoms with E-state index in [1.54, 1.807) is 11.3 Å². The van der Waals surface area contributed by atoms with Crippen LogP contribution in [-0.2, 0) is 0 Å². The van der Waals surface area contributed by atoms with Crippen LogP contribution in [-0.4, -0.2) is 24.1 Å². The molecular weight excluding hydrogens is 825 g/mol. The van der Waals surface area contributed by atoms with Crippen LogP contribution in [0.15, 0.2) is 231 Å². The highest BCUT2D eigenvalue weighted by Crippen LogP contribution is 2.40. The third-order valence-corrected chi connectivity index (χ3v) is 13.6. The van der Waals surface area contributed by atoms with Crippen molar-refractivity contribution in [2.75, 3.05) is 4.90 Å². The number of aromatic nitrogens is 5. The molecule has 0 saturated carbocycles. The topological polar surface area (TPSA) is 51.8 Å². The second kappa shape index (κ2) is 15.6. The van der Waals surface area contributed by atoms with Gasteiger partial charge < -0.3 is 4.90 Å². The molecule has 0 radical (unpaired) electrons. The Morgan fingerprint density at radius 2 is 0.864 bits per heavy atom. The molecule has 0 atom stereocenters. The maximum Gasteiger partial charge on any atom is 0.145 e. The van der Waals surface area contributed by atoms with Gasteiger partial charge in [-0.15, -0.1) is 11.3 Å². The Morgan fingerprint density at radius 1 is 0.364 bits per heavy atom. The van der Waals surface area contributed by atoms with Gasteiger partial charge in [0.05, 0.1) is 27.8 Å². The summed E-state index contributed by atoms with van der Waals surface area (Å²) in [6.45, 7) is 0. The molecule has 310 valence electrons. The molecule has 13 aromatic rings. The lowest BCUT2D eigenvalue weighted by Gasteiger charge is -2.26. The Hall–Kier alpha value is -8.65. The number of hydrogen-bond acceptors (Lipinski definition) is 5. The lowest BCUT2D eigenvalue weighted by atomic mass is 10.0. The minimum Gasteiger partial charge on any atom is -0.310 e. The molecule has 0 amide bonds. The van der Waals surface area contributed by atoms with E-state index in [1.807, 2.05) is 24.3 Å². The quantitative estimate of drug-likeness (QED) is 0.153. The molecule has 4 aromatic heterocycles. The SMILES string of the molecule is c1ccc(-n2c(-c3ccc(N(c4ccc(-c5nc6ccccc6n5-c5ccccc5)cc4)c4ccc5cc(-c6ccc7c(n6)sc6ccccc67)ccc5c4)cc3)nc3ccccc32)cc1. The zero-order valence-corrected chi connectivity index (χ0v) is 36.3. The van der Waals surface area contributed by atoms with Crippen LogP contribution in [0.4, 0.5) is 17.1 Å². The number of rotatable bonds is 8. The van der Waals surface area contributed by atoms with Crippen molar-refractivity contribution in [3.8, 4) is 45.4 Å². The highest BCUT2D eigenvalue weighted by atomic mass is 32.1. The van der Waals surface area contributed by atoms with Crippen molar-refractivity contribution in [1.82, 2.24) is 24.1 Å². The van der Waals surface area contributed by atoms with Gasteiger partial charge in [-0.3, -0.25) is 9.13 Å². The molecule has 9 aromatic carbocycles. The van der Waals surface area contributed by atoms with Crippen LogP contribution >= 0.6 is 11.3 Å². The molecule has 0 fully saturated rings. The number of hydrogen-bond donors (Lipinski definition) is 0. The van der Waals surface area contributed by atoms with Gasteiger partial charge in [0.1, 0.15) is 16.5 Å². The van der Waals surface area contributed by atoms with Crippen LogP contribution in [0.5, 0.6) is 0 Å². The first kappa shape index (κ1) is 37.9. The summed E-state index contributed by atoms with van der Waals surface area (Å²) < 4.78 is 5.75. The molecule has 7 heteroatoms. The predicted octanol–water partition coefficient (Wildman–Crippen LogP) is 15.8. The number of pyridine rings is 1. The average molecular weight is 863 g/mol. The number of fused-ring (bicyclic) bond motifs is 6. The van der Waals surface area contributed by atoms with E-state index in [1.165, 1.54) is 15.5 Å². The smallest absolute Gasteiger partial charge is 0.145 e. The minimum atomic E-state index is 0.897. The van der Waals surface area contributed by atoms with E-state index in [0.29, 0.717) is 0 Å². The minimum absolute atomic E-state index is 0.897. The molecule has 4 heterocycles. The Bertz CT molecular complexity index is 3770. The first-order valence-corrected chi connectivity index (χ1v) is 22.9. The molecule has 0 N–H and O–H groups in total. The van der Waals surface area contributed by atoms with E-state index in [9.17, 15) is 0 Å². The molecule has 0 aliphatic rings. The van der Waals surface area contributed by atoms with Gasteiger partial charge in [0.15, 0.2) is 0 Å². The molecule has 0 unspecified atom stereocenters. The Morgan fingerprint density at radius 3 is 1.48 bits per heavy atom. The standard InChI is InChI=1S/C59H38N6S/c1-3-13-44(14-4-1)64-54-20-10-8-18-52(54)60-57(64)39-25-30-46(31-26-39)63(47-32-27-40(28-33-47)58-61-53-19-9-11-21-55(53)65(58)45-15-5-2-6-16-45)48-34-29-41-37-43(24-23-42(41)38-48)51-36-35-50-49-17-7-12-22-56(49)66-59(50)62-51/h1-38H. The number of thiophene rings is 1. The number of anilines is 3. The number of para-hydroxylation sites is 6. The highest BCUT2D eigenvalue weighted by molar-refractivity contribution is 7.25. The van der Waals surface area contributed by atoms with Crippen LogP contribution in [0.25, 0.3) is 98.5 Å². The highest BCUT2D eigenvalue weighted by Gasteiger charge is 2.20. The van der Waals surface area contributed by atoms with E-state index < -0.39 is 0 Å². The molecule has 6 nitrogen and oxygen atoms in total. The summed E-state index contributed by atoms with van der Waals surface area (Å²) in [4.78, 5) is 18.9. The lowest BCUT2D eigenvalue weighted by molar-refractivity contribution is 1.10. The van der Waals surface area contributed by atoms with Crippen LogP contribution in [0.3, 0.4) is 0 Å². The van der Waals surface area contributed by atoms with E-state index in [0.717, 1.165) is 100 Å². The fourth-order valence-corrected chi connectivity index (χ4v) is 10.5. The summed E-state index contributed by atoms with van der Waals surface area (Å²) in [5, 5.41) is 4.76. The van der Waals surface area contributed by atoms with Gasteiger partial charge in [-0.05, 0) is 144 Å². The molecule has 0 bridgehead atoms. The van der Waals surface area contributed by atoms with E-state index in [2.05, 4.69) is 220 Å². The van der Waals surface area contributed by atoms with Crippen LogP contribution < -0.4 is 4.90 Å². The third-order valence-electron chi connectivity index (χ3n) is 12.5. The zero-order valence-electron chi connectivity index (χ0n) is 35.5. The molecule has 0 saturated heterocycles. The van der Waals surface area contributed by atoms with Crippen LogP contribution in [0, 0.1) is 0 Å². The Kier molecular flexibility index (Phi) is 8.92. The van der Waals surface area contributed by atoms with Crippen molar-refractivity contribution in [1.29, 1.82) is 0 Å².